The topological polar surface area (TPSA) is 60.0 Å². The quantitative estimate of drug-likeness (QED) is 0.496. The number of nitrogens with one attached hydrogen (secondary N) is 1. The van der Waals surface area contributed by atoms with Crippen LogP contribution in [-0.2, 0) is 15.9 Å². The molecule has 0 aromatic heterocycles. The molecule has 0 unspecified atom stereocenters. The molecule has 0 aliphatic carbocycles. The number of hydrogen-bond donors (Lipinski definition) is 1. The molecule has 2 aromatic carbocycles. The summed E-state index contributed by atoms with van der Waals surface area (Å²) in [6, 6.07) is 14.3. The lowest BCUT2D eigenvalue weighted by Gasteiger charge is -2.27. The van der Waals surface area contributed by atoms with E-state index in [2.05, 4.69) is 10.1 Å². The summed E-state index contributed by atoms with van der Waals surface area (Å²) in [5.41, 5.74) is 1.41. The first-order chi connectivity index (χ1) is 14.8. The van der Waals surface area contributed by atoms with Crippen molar-refractivity contribution in [2.75, 3.05) is 31.6 Å². The van der Waals surface area contributed by atoms with Crippen LogP contribution in [0.15, 0.2) is 54.6 Å². The number of anilines is 1. The number of rotatable bonds is 11. The fraction of sp³-hybridized carbons (Fsp3) is 0.409. The van der Waals surface area contributed by atoms with Gasteiger partial charge in [-0.2, -0.15) is 0 Å². The normalized spacial score (nSPS) is 11.4. The van der Waals surface area contributed by atoms with Crippen LogP contribution >= 0.6 is 0 Å². The maximum absolute atomic E-state index is 12.9. The lowest BCUT2D eigenvalue weighted by Crippen LogP contribution is -2.43. The van der Waals surface area contributed by atoms with E-state index in [0.717, 1.165) is 17.7 Å². The highest BCUT2D eigenvalue weighted by Crippen LogP contribution is 2.24. The number of amides is 2. The van der Waals surface area contributed by atoms with E-state index < -0.39 is 18.7 Å². The molecular formula is C22H27F3N2O4. The maximum Gasteiger partial charge on any atom is 0.573 e. The Bertz CT molecular complexity index is 780. The molecule has 0 aliphatic heterocycles. The Labute approximate surface area is 179 Å². The molecule has 9 heteroatoms. The molecule has 1 N–H and O–H groups in total. The van der Waals surface area contributed by atoms with E-state index in [1.54, 1.807) is 4.90 Å². The highest BCUT2D eigenvalue weighted by molar-refractivity contribution is 5.89. The number of carbonyl (C=O) groups is 1. The average Bonchev–Trinajstić information content (AvgIpc) is 2.72. The molecule has 0 aliphatic rings. The molecule has 6 nitrogen and oxygen atoms in total. The van der Waals surface area contributed by atoms with Gasteiger partial charge < -0.3 is 24.4 Å². The van der Waals surface area contributed by atoms with E-state index in [9.17, 15) is 18.0 Å². The van der Waals surface area contributed by atoms with Crippen molar-refractivity contribution in [1.29, 1.82) is 0 Å². The number of ether oxygens (including phenoxy) is 3. The third-order valence-electron chi connectivity index (χ3n) is 4.21. The van der Waals surface area contributed by atoms with Crippen LogP contribution < -0.4 is 10.1 Å². The Kier molecular flexibility index (Phi) is 9.61. The Balaban J connectivity index is 2.06. The van der Waals surface area contributed by atoms with E-state index in [0.29, 0.717) is 31.9 Å². The smallest absolute Gasteiger partial charge is 0.406 e. The number of halogens is 3. The minimum atomic E-state index is -4.77. The molecule has 0 fully saturated rings. The van der Waals surface area contributed by atoms with Crippen molar-refractivity contribution >= 4 is 11.7 Å². The van der Waals surface area contributed by atoms with Gasteiger partial charge >= 0.3 is 12.4 Å². The van der Waals surface area contributed by atoms with Gasteiger partial charge in [0.15, 0.2) is 6.29 Å². The predicted molar refractivity (Wildman–Crippen MR) is 111 cm³/mol. The van der Waals surface area contributed by atoms with Crippen LogP contribution in [0, 0.1) is 0 Å². The van der Waals surface area contributed by atoms with Gasteiger partial charge in [0.1, 0.15) is 5.75 Å². The molecule has 31 heavy (non-hydrogen) atoms. The number of urea groups is 1. The van der Waals surface area contributed by atoms with Gasteiger partial charge in [-0.05, 0) is 50.1 Å². The van der Waals surface area contributed by atoms with Crippen LogP contribution in [0.1, 0.15) is 19.4 Å². The average molecular weight is 440 g/mol. The largest absolute Gasteiger partial charge is 0.573 e. The van der Waals surface area contributed by atoms with Crippen LogP contribution in [0.2, 0.25) is 0 Å². The third-order valence-corrected chi connectivity index (χ3v) is 4.21. The number of benzene rings is 2. The number of hydrogen-bond acceptors (Lipinski definition) is 4. The van der Waals surface area contributed by atoms with Gasteiger partial charge in [0, 0.05) is 25.4 Å². The van der Waals surface area contributed by atoms with Gasteiger partial charge in [-0.25, -0.2) is 4.79 Å². The highest BCUT2D eigenvalue weighted by Gasteiger charge is 2.31. The molecule has 0 radical (unpaired) electrons. The molecule has 0 bridgehead atoms. The molecule has 0 saturated heterocycles. The first kappa shape index (κ1) is 24.5. The van der Waals surface area contributed by atoms with Gasteiger partial charge in [-0.3, -0.25) is 0 Å². The van der Waals surface area contributed by atoms with Gasteiger partial charge in [0.2, 0.25) is 0 Å². The van der Waals surface area contributed by atoms with Crippen molar-refractivity contribution in [3.8, 4) is 5.75 Å². The fourth-order valence-electron chi connectivity index (χ4n) is 2.83. The van der Waals surface area contributed by atoms with Gasteiger partial charge in [-0.1, -0.05) is 30.3 Å². The third kappa shape index (κ3) is 9.27. The zero-order valence-electron chi connectivity index (χ0n) is 17.5. The second-order valence-electron chi connectivity index (χ2n) is 6.52. The maximum atomic E-state index is 12.9. The van der Waals surface area contributed by atoms with Crippen LogP contribution in [-0.4, -0.2) is 49.9 Å². The second-order valence-corrected chi connectivity index (χ2v) is 6.52. The summed E-state index contributed by atoms with van der Waals surface area (Å²) < 4.78 is 51.9. The number of carbonyl (C=O) groups excluding carboxylic acids is 1. The van der Waals surface area contributed by atoms with E-state index in [1.807, 2.05) is 44.2 Å². The molecule has 2 aromatic rings. The van der Waals surface area contributed by atoms with Gasteiger partial charge in [0.05, 0.1) is 6.54 Å². The molecular weight excluding hydrogens is 413 g/mol. The Morgan fingerprint density at radius 1 is 1.00 bits per heavy atom. The van der Waals surface area contributed by atoms with Crippen molar-refractivity contribution in [3.63, 3.8) is 0 Å². The van der Waals surface area contributed by atoms with Crippen LogP contribution in [0.25, 0.3) is 0 Å². The Hall–Kier alpha value is -2.78. The predicted octanol–water partition coefficient (Wildman–Crippen LogP) is 5.06. The lowest BCUT2D eigenvalue weighted by molar-refractivity contribution is -0.274. The standard InChI is InChI=1S/C22H27F3N2O4/c1-3-29-20(30-4-2)16-27(15-14-17-8-6-5-7-9-17)21(28)26-18-10-12-19(13-11-18)31-22(23,24)25/h5-13,20H,3-4,14-16H2,1-2H3,(H,26,28). The molecule has 0 atom stereocenters. The highest BCUT2D eigenvalue weighted by atomic mass is 19.4. The molecule has 2 rings (SSSR count). The minimum absolute atomic E-state index is 0.204. The molecule has 2 amide bonds. The summed E-state index contributed by atoms with van der Waals surface area (Å²) in [5.74, 6) is -0.362. The summed E-state index contributed by atoms with van der Waals surface area (Å²) >= 11 is 0. The number of nitrogens with zero attached hydrogens (tertiary/aromatic N) is 1. The Morgan fingerprint density at radius 2 is 1.61 bits per heavy atom. The van der Waals surface area contributed by atoms with Crippen LogP contribution in [0.4, 0.5) is 23.7 Å². The minimum Gasteiger partial charge on any atom is -0.406 e. The first-order valence-corrected chi connectivity index (χ1v) is 9.99. The van der Waals surface area contributed by atoms with Crippen molar-refractivity contribution in [2.45, 2.75) is 32.9 Å². The Morgan fingerprint density at radius 3 is 2.16 bits per heavy atom. The number of alkyl halides is 3. The summed E-state index contributed by atoms with van der Waals surface area (Å²) in [5, 5.41) is 2.70. The fourth-order valence-corrected chi connectivity index (χ4v) is 2.83. The summed E-state index contributed by atoms with van der Waals surface area (Å²) in [7, 11) is 0. The van der Waals surface area contributed by atoms with E-state index in [1.165, 1.54) is 12.1 Å². The van der Waals surface area contributed by atoms with Crippen LogP contribution in [0.3, 0.4) is 0 Å². The van der Waals surface area contributed by atoms with E-state index >= 15 is 0 Å². The summed E-state index contributed by atoms with van der Waals surface area (Å²) in [6.45, 7) is 5.15. The van der Waals surface area contributed by atoms with Gasteiger partial charge in [-0.15, -0.1) is 13.2 Å². The molecule has 0 heterocycles. The summed E-state index contributed by atoms with van der Waals surface area (Å²) in [6.07, 6.45) is -4.73. The van der Waals surface area contributed by atoms with Gasteiger partial charge in [0.25, 0.3) is 0 Å². The molecule has 170 valence electrons. The van der Waals surface area contributed by atoms with E-state index in [-0.39, 0.29) is 12.3 Å². The van der Waals surface area contributed by atoms with Crippen molar-refractivity contribution in [3.05, 3.63) is 60.2 Å². The zero-order valence-corrected chi connectivity index (χ0v) is 17.5. The molecule has 0 saturated carbocycles. The second kappa shape index (κ2) is 12.2. The van der Waals surface area contributed by atoms with Crippen molar-refractivity contribution < 1.29 is 32.2 Å². The SMILES string of the molecule is CCOC(CN(CCc1ccccc1)C(=O)Nc1ccc(OC(F)(F)F)cc1)OCC. The monoisotopic (exact) mass is 440 g/mol. The summed E-state index contributed by atoms with van der Waals surface area (Å²) in [4.78, 5) is 14.4. The lowest BCUT2D eigenvalue weighted by atomic mass is 10.1. The zero-order chi connectivity index (χ0) is 22.7. The first-order valence-electron chi connectivity index (χ1n) is 9.99. The van der Waals surface area contributed by atoms with Crippen molar-refractivity contribution in [2.24, 2.45) is 0 Å². The van der Waals surface area contributed by atoms with Crippen molar-refractivity contribution in [1.82, 2.24) is 4.90 Å². The van der Waals surface area contributed by atoms with E-state index in [4.69, 9.17) is 9.47 Å². The molecule has 0 spiro atoms. The van der Waals surface area contributed by atoms with Crippen LogP contribution in [0.5, 0.6) is 5.75 Å².